The maximum Gasteiger partial charge on any atom is 0.317 e. The van der Waals surface area contributed by atoms with Gasteiger partial charge in [-0.05, 0) is 12.1 Å². The maximum absolute atomic E-state index is 11.9. The number of nitrogens with zero attached hydrogens (tertiary/aromatic N) is 2. The van der Waals surface area contributed by atoms with Gasteiger partial charge < -0.3 is 15.1 Å². The molecular formula is C13H17N3O2. The van der Waals surface area contributed by atoms with Crippen molar-refractivity contribution in [2.24, 2.45) is 0 Å². The Morgan fingerprint density at radius 3 is 2.61 bits per heavy atom. The van der Waals surface area contributed by atoms with Gasteiger partial charge >= 0.3 is 6.03 Å². The van der Waals surface area contributed by atoms with Crippen LogP contribution in [0.3, 0.4) is 0 Å². The third kappa shape index (κ3) is 2.61. The lowest BCUT2D eigenvalue weighted by molar-refractivity contribution is -0.117. The summed E-state index contributed by atoms with van der Waals surface area (Å²) in [6.07, 6.45) is 0.356. The lowest BCUT2D eigenvalue weighted by Crippen LogP contribution is -2.42. The van der Waals surface area contributed by atoms with Gasteiger partial charge in [0, 0.05) is 32.7 Å². The van der Waals surface area contributed by atoms with Crippen LogP contribution >= 0.6 is 0 Å². The van der Waals surface area contributed by atoms with Gasteiger partial charge in [-0.3, -0.25) is 4.79 Å². The number of rotatable bonds is 2. The minimum Gasteiger partial charge on any atom is -0.333 e. The van der Waals surface area contributed by atoms with Gasteiger partial charge in [0.05, 0.1) is 6.04 Å². The first-order valence-electron chi connectivity index (χ1n) is 5.91. The molecule has 96 valence electrons. The number of para-hydroxylation sites is 1. The lowest BCUT2D eigenvalue weighted by atomic mass is 10.2. The second-order valence-corrected chi connectivity index (χ2v) is 4.58. The molecular weight excluding hydrogens is 230 g/mol. The molecule has 3 amide bonds. The van der Waals surface area contributed by atoms with Gasteiger partial charge in [0.1, 0.15) is 0 Å². The van der Waals surface area contributed by atoms with Crippen molar-refractivity contribution < 1.29 is 9.59 Å². The van der Waals surface area contributed by atoms with Crippen LogP contribution in [0.25, 0.3) is 0 Å². The molecule has 0 spiro atoms. The summed E-state index contributed by atoms with van der Waals surface area (Å²) in [7, 11) is 3.36. The van der Waals surface area contributed by atoms with E-state index >= 15 is 0 Å². The van der Waals surface area contributed by atoms with Crippen molar-refractivity contribution in [1.29, 1.82) is 0 Å². The predicted molar refractivity (Wildman–Crippen MR) is 69.4 cm³/mol. The summed E-state index contributed by atoms with van der Waals surface area (Å²) in [5.74, 6) is 0.0465. The maximum atomic E-state index is 11.9. The highest BCUT2D eigenvalue weighted by atomic mass is 16.2. The number of hydrogen-bond acceptors (Lipinski definition) is 2. The van der Waals surface area contributed by atoms with E-state index in [1.807, 2.05) is 30.3 Å². The van der Waals surface area contributed by atoms with Crippen LogP contribution in [-0.2, 0) is 4.79 Å². The monoisotopic (exact) mass is 247 g/mol. The number of hydrogen-bond donors (Lipinski definition) is 1. The molecule has 1 aliphatic rings. The predicted octanol–water partition coefficient (Wildman–Crippen LogP) is 1.06. The van der Waals surface area contributed by atoms with E-state index < -0.39 is 0 Å². The Hall–Kier alpha value is -2.04. The van der Waals surface area contributed by atoms with E-state index in [-0.39, 0.29) is 18.0 Å². The molecule has 1 aromatic rings. The fourth-order valence-electron chi connectivity index (χ4n) is 1.97. The third-order valence-corrected chi connectivity index (χ3v) is 2.93. The Balaban J connectivity index is 2.02. The third-order valence-electron chi connectivity index (χ3n) is 2.93. The van der Waals surface area contributed by atoms with Gasteiger partial charge in [0.25, 0.3) is 0 Å². The molecule has 1 aromatic carbocycles. The second-order valence-electron chi connectivity index (χ2n) is 4.58. The fraction of sp³-hybridized carbons (Fsp3) is 0.385. The number of urea groups is 1. The van der Waals surface area contributed by atoms with Crippen LogP contribution in [0.5, 0.6) is 0 Å². The normalized spacial score (nSPS) is 18.9. The Kier molecular flexibility index (Phi) is 3.50. The molecule has 1 heterocycles. The molecule has 1 unspecified atom stereocenters. The molecule has 5 nitrogen and oxygen atoms in total. The zero-order chi connectivity index (χ0) is 13.1. The first-order valence-corrected chi connectivity index (χ1v) is 5.91. The molecule has 1 aliphatic heterocycles. The average Bonchev–Trinajstić information content (AvgIpc) is 2.71. The van der Waals surface area contributed by atoms with Gasteiger partial charge in [-0.1, -0.05) is 18.2 Å². The van der Waals surface area contributed by atoms with Crippen molar-refractivity contribution in [1.82, 2.24) is 10.2 Å². The Morgan fingerprint density at radius 2 is 2.00 bits per heavy atom. The number of anilines is 1. The first kappa shape index (κ1) is 12.4. The molecule has 0 aliphatic carbocycles. The number of nitrogens with one attached hydrogen (secondary N) is 1. The second kappa shape index (κ2) is 5.08. The van der Waals surface area contributed by atoms with E-state index in [2.05, 4.69) is 5.32 Å². The van der Waals surface area contributed by atoms with Crippen molar-refractivity contribution in [2.45, 2.75) is 12.5 Å². The van der Waals surface area contributed by atoms with Gasteiger partial charge in [0.15, 0.2) is 0 Å². The Morgan fingerprint density at radius 1 is 1.33 bits per heavy atom. The fourth-order valence-corrected chi connectivity index (χ4v) is 1.97. The molecule has 0 aromatic heterocycles. The zero-order valence-corrected chi connectivity index (χ0v) is 10.6. The van der Waals surface area contributed by atoms with Gasteiger partial charge in [-0.15, -0.1) is 0 Å². The molecule has 0 radical (unpaired) electrons. The molecule has 1 atom stereocenters. The molecule has 0 bridgehead atoms. The minimum atomic E-state index is -0.164. The van der Waals surface area contributed by atoms with Gasteiger partial charge in [0.2, 0.25) is 5.91 Å². The number of amides is 3. The molecule has 5 heteroatoms. The van der Waals surface area contributed by atoms with Crippen LogP contribution < -0.4 is 10.2 Å². The quantitative estimate of drug-likeness (QED) is 0.849. The largest absolute Gasteiger partial charge is 0.333 e. The van der Waals surface area contributed by atoms with E-state index in [1.54, 1.807) is 19.0 Å². The molecule has 0 saturated carbocycles. The van der Waals surface area contributed by atoms with Crippen LogP contribution in [0, 0.1) is 0 Å². The standard InChI is InChI=1S/C13H17N3O2/c1-15(2)13(18)14-10-8-12(17)16(9-10)11-6-4-3-5-7-11/h3-7,10H,8-9H2,1-2H3,(H,14,18). The molecule has 1 saturated heterocycles. The molecule has 1 fully saturated rings. The first-order chi connectivity index (χ1) is 8.58. The highest BCUT2D eigenvalue weighted by Crippen LogP contribution is 2.20. The highest BCUT2D eigenvalue weighted by Gasteiger charge is 2.31. The van der Waals surface area contributed by atoms with Crippen LogP contribution in [-0.4, -0.2) is 43.5 Å². The Bertz CT molecular complexity index is 445. The Labute approximate surface area is 106 Å². The van der Waals surface area contributed by atoms with Crippen molar-refractivity contribution in [3.05, 3.63) is 30.3 Å². The van der Waals surface area contributed by atoms with Gasteiger partial charge in [-0.2, -0.15) is 0 Å². The van der Waals surface area contributed by atoms with E-state index in [0.29, 0.717) is 13.0 Å². The smallest absolute Gasteiger partial charge is 0.317 e. The molecule has 2 rings (SSSR count). The summed E-state index contributed by atoms with van der Waals surface area (Å²) in [6, 6.07) is 9.22. The number of carbonyl (C=O) groups is 2. The van der Waals surface area contributed by atoms with Crippen molar-refractivity contribution in [3.63, 3.8) is 0 Å². The minimum absolute atomic E-state index is 0.0465. The van der Waals surface area contributed by atoms with Crippen molar-refractivity contribution in [3.8, 4) is 0 Å². The summed E-state index contributed by atoms with van der Waals surface area (Å²) in [5, 5.41) is 2.83. The van der Waals surface area contributed by atoms with Crippen LogP contribution in [0.4, 0.5) is 10.5 Å². The topological polar surface area (TPSA) is 52.7 Å². The molecule has 1 N–H and O–H groups in total. The van der Waals surface area contributed by atoms with Crippen LogP contribution in [0.15, 0.2) is 30.3 Å². The van der Waals surface area contributed by atoms with E-state index in [0.717, 1.165) is 5.69 Å². The summed E-state index contributed by atoms with van der Waals surface area (Å²) >= 11 is 0. The van der Waals surface area contributed by atoms with Crippen LogP contribution in [0.2, 0.25) is 0 Å². The van der Waals surface area contributed by atoms with E-state index in [9.17, 15) is 9.59 Å². The number of carbonyl (C=O) groups excluding carboxylic acids is 2. The zero-order valence-electron chi connectivity index (χ0n) is 10.6. The summed E-state index contributed by atoms with van der Waals surface area (Å²) in [4.78, 5) is 26.6. The van der Waals surface area contributed by atoms with E-state index in [1.165, 1.54) is 4.90 Å². The average molecular weight is 247 g/mol. The summed E-state index contributed by atoms with van der Waals surface area (Å²) < 4.78 is 0. The van der Waals surface area contributed by atoms with E-state index in [4.69, 9.17) is 0 Å². The van der Waals surface area contributed by atoms with Gasteiger partial charge in [-0.25, -0.2) is 4.79 Å². The summed E-state index contributed by atoms with van der Waals surface area (Å²) in [5.41, 5.74) is 0.879. The highest BCUT2D eigenvalue weighted by molar-refractivity contribution is 5.96. The van der Waals surface area contributed by atoms with Crippen molar-refractivity contribution >= 4 is 17.6 Å². The van der Waals surface area contributed by atoms with Crippen LogP contribution in [0.1, 0.15) is 6.42 Å². The molecule has 18 heavy (non-hydrogen) atoms. The summed E-state index contributed by atoms with van der Waals surface area (Å²) in [6.45, 7) is 0.530. The van der Waals surface area contributed by atoms with Crippen molar-refractivity contribution in [2.75, 3.05) is 25.5 Å². The SMILES string of the molecule is CN(C)C(=O)NC1CC(=O)N(c2ccccc2)C1. The number of benzene rings is 1. The lowest BCUT2D eigenvalue weighted by Gasteiger charge is -2.18.